The van der Waals surface area contributed by atoms with E-state index in [9.17, 15) is 14.0 Å². The summed E-state index contributed by atoms with van der Waals surface area (Å²) in [5.41, 5.74) is 1.55. The van der Waals surface area contributed by atoms with Crippen molar-refractivity contribution in [2.75, 3.05) is 13.7 Å². The van der Waals surface area contributed by atoms with Crippen LogP contribution in [-0.2, 0) is 14.3 Å². The number of esters is 1. The van der Waals surface area contributed by atoms with E-state index in [0.717, 1.165) is 12.8 Å². The van der Waals surface area contributed by atoms with Gasteiger partial charge in [-0.3, -0.25) is 9.79 Å². The van der Waals surface area contributed by atoms with Gasteiger partial charge in [0, 0.05) is 46.7 Å². The van der Waals surface area contributed by atoms with Gasteiger partial charge >= 0.3 is 5.97 Å². The van der Waals surface area contributed by atoms with Gasteiger partial charge in [-0.2, -0.15) is 0 Å². The number of carbonyl (C=O) groups is 2. The average molecular weight is 475 g/mol. The minimum Gasteiger partial charge on any atom is -0.466 e. The summed E-state index contributed by atoms with van der Waals surface area (Å²) in [5.74, 6) is -0.292. The van der Waals surface area contributed by atoms with E-state index in [4.69, 9.17) is 21.3 Å². The maximum Gasteiger partial charge on any atom is 0.338 e. The van der Waals surface area contributed by atoms with Crippen LogP contribution in [0.2, 0.25) is 5.02 Å². The Morgan fingerprint density at radius 1 is 1.34 bits per heavy atom. The molecule has 166 valence electrons. The van der Waals surface area contributed by atoms with Gasteiger partial charge in [0.2, 0.25) is 5.91 Å². The van der Waals surface area contributed by atoms with Gasteiger partial charge in [-0.15, -0.1) is 11.3 Å². The highest BCUT2D eigenvalue weighted by Crippen LogP contribution is 2.42. The van der Waals surface area contributed by atoms with Crippen molar-refractivity contribution in [1.29, 1.82) is 0 Å². The molecule has 0 unspecified atom stereocenters. The monoisotopic (exact) mass is 474 g/mol. The number of hydrogen-bond acceptors (Lipinski definition) is 7. The molecule has 3 aliphatic rings. The van der Waals surface area contributed by atoms with E-state index in [-0.39, 0.29) is 22.9 Å². The topological polar surface area (TPSA) is 83.9 Å². The molecule has 5 rings (SSSR count). The smallest absolute Gasteiger partial charge is 0.338 e. The van der Waals surface area contributed by atoms with Gasteiger partial charge in [0.1, 0.15) is 11.9 Å². The molecule has 32 heavy (non-hydrogen) atoms. The quantitative estimate of drug-likeness (QED) is 0.671. The molecule has 2 atom stereocenters. The number of nitrogens with zero attached hydrogens (tertiary/aromatic N) is 3. The Kier molecular flexibility index (Phi) is 5.46. The SMILES string of the molecule is COC(=O)C1=C2C[C@H](NC(=O)C3CC3)CN2C(c2nccs2)=N[C@H]1c1ccc(F)cc1Cl. The number of hydrogen-bond donors (Lipinski definition) is 1. The summed E-state index contributed by atoms with van der Waals surface area (Å²) in [5, 5.41) is 5.80. The predicted octanol–water partition coefficient (Wildman–Crippen LogP) is 3.46. The molecular weight excluding hydrogens is 455 g/mol. The van der Waals surface area contributed by atoms with Crippen LogP contribution in [0.25, 0.3) is 0 Å². The van der Waals surface area contributed by atoms with Gasteiger partial charge in [-0.25, -0.2) is 14.2 Å². The van der Waals surface area contributed by atoms with Crippen LogP contribution in [-0.4, -0.2) is 47.3 Å². The first-order valence-electron chi connectivity index (χ1n) is 10.3. The van der Waals surface area contributed by atoms with Gasteiger partial charge < -0.3 is 15.0 Å². The van der Waals surface area contributed by atoms with E-state index in [2.05, 4.69) is 10.3 Å². The second kappa shape index (κ2) is 8.29. The molecule has 1 aromatic heterocycles. The van der Waals surface area contributed by atoms with Crippen LogP contribution >= 0.6 is 22.9 Å². The first-order chi connectivity index (χ1) is 15.5. The standard InChI is InChI=1S/C22H20ClFN4O3S/c1-31-22(30)17-16-9-13(26-20(29)11-2-3-11)10-28(16)19(21-25-6-7-32-21)27-18(17)14-5-4-12(24)8-15(14)23/h4-8,11,13,18H,2-3,9-10H2,1H3,(H,26,29)/t13-,18-/m0/s1. The minimum absolute atomic E-state index is 0.0425. The largest absolute Gasteiger partial charge is 0.466 e. The number of benzene rings is 1. The molecule has 10 heteroatoms. The molecule has 1 saturated carbocycles. The Morgan fingerprint density at radius 3 is 2.81 bits per heavy atom. The number of nitrogens with one attached hydrogen (secondary N) is 1. The highest BCUT2D eigenvalue weighted by Gasteiger charge is 2.43. The van der Waals surface area contributed by atoms with Crippen molar-refractivity contribution in [2.45, 2.75) is 31.3 Å². The van der Waals surface area contributed by atoms with Crippen LogP contribution in [0.4, 0.5) is 4.39 Å². The highest BCUT2D eigenvalue weighted by atomic mass is 35.5. The normalized spacial score (nSPS) is 22.5. The van der Waals surface area contributed by atoms with Crippen molar-refractivity contribution >= 4 is 40.6 Å². The number of amidine groups is 1. The number of halogens is 2. The number of aromatic nitrogens is 1. The maximum absolute atomic E-state index is 13.7. The van der Waals surface area contributed by atoms with Gasteiger partial charge in [-0.05, 0) is 25.0 Å². The van der Waals surface area contributed by atoms with Gasteiger partial charge in [0.25, 0.3) is 0 Å². The summed E-state index contributed by atoms with van der Waals surface area (Å²) in [6.45, 7) is 0.469. The van der Waals surface area contributed by atoms with E-state index in [1.54, 1.807) is 6.20 Å². The molecule has 1 saturated heterocycles. The summed E-state index contributed by atoms with van der Waals surface area (Å²) in [6, 6.07) is 3.07. The van der Waals surface area contributed by atoms with Crippen molar-refractivity contribution in [3.05, 3.63) is 62.5 Å². The summed E-state index contributed by atoms with van der Waals surface area (Å²) in [7, 11) is 1.31. The molecule has 1 aliphatic carbocycles. The Balaban J connectivity index is 1.61. The maximum atomic E-state index is 13.7. The Hall–Kier alpha value is -2.78. The number of rotatable bonds is 5. The average Bonchev–Trinajstić information content (AvgIpc) is 3.32. The lowest BCUT2D eigenvalue weighted by Crippen LogP contribution is -2.40. The van der Waals surface area contributed by atoms with Gasteiger partial charge in [0.15, 0.2) is 10.8 Å². The van der Waals surface area contributed by atoms with Crippen molar-refractivity contribution in [3.63, 3.8) is 0 Å². The molecule has 3 heterocycles. The molecule has 2 aromatic rings. The van der Waals surface area contributed by atoms with Crippen molar-refractivity contribution < 1.29 is 18.7 Å². The van der Waals surface area contributed by atoms with E-state index in [1.807, 2.05) is 10.3 Å². The van der Waals surface area contributed by atoms with Crippen LogP contribution < -0.4 is 5.32 Å². The Morgan fingerprint density at radius 2 is 2.16 bits per heavy atom. The molecule has 0 bridgehead atoms. The molecule has 1 N–H and O–H groups in total. The van der Waals surface area contributed by atoms with E-state index >= 15 is 0 Å². The summed E-state index contributed by atoms with van der Waals surface area (Å²) in [4.78, 5) is 36.5. The zero-order chi connectivity index (χ0) is 22.4. The zero-order valence-corrected chi connectivity index (χ0v) is 18.8. The predicted molar refractivity (Wildman–Crippen MR) is 118 cm³/mol. The zero-order valence-electron chi connectivity index (χ0n) is 17.2. The fraction of sp³-hybridized carbons (Fsp3) is 0.364. The Bertz CT molecular complexity index is 1150. The van der Waals surface area contributed by atoms with Crippen LogP contribution in [0, 0.1) is 11.7 Å². The first kappa shape index (κ1) is 21.1. The van der Waals surface area contributed by atoms with E-state index < -0.39 is 17.8 Å². The molecule has 0 spiro atoms. The van der Waals surface area contributed by atoms with E-state index in [1.165, 1.54) is 36.6 Å². The lowest BCUT2D eigenvalue weighted by atomic mass is 9.94. The highest BCUT2D eigenvalue weighted by molar-refractivity contribution is 7.11. The molecular formula is C22H20ClFN4O3S. The molecule has 1 amide bonds. The van der Waals surface area contributed by atoms with E-state index in [0.29, 0.717) is 40.6 Å². The number of methoxy groups -OCH3 is 1. The summed E-state index contributed by atoms with van der Waals surface area (Å²) in [6.07, 6.45) is 3.96. The molecule has 2 aliphatic heterocycles. The van der Waals surface area contributed by atoms with Crippen molar-refractivity contribution in [3.8, 4) is 0 Å². The molecule has 1 aromatic carbocycles. The number of ether oxygens (including phenoxy) is 1. The number of aliphatic imine (C=N–C) groups is 1. The third-order valence-electron chi connectivity index (χ3n) is 5.84. The lowest BCUT2D eigenvalue weighted by Gasteiger charge is -2.31. The number of amides is 1. The van der Waals surface area contributed by atoms with Crippen LogP contribution in [0.15, 0.2) is 46.0 Å². The number of fused-ring (bicyclic) bond motifs is 1. The van der Waals surface area contributed by atoms with Crippen LogP contribution in [0.5, 0.6) is 0 Å². The molecule has 7 nitrogen and oxygen atoms in total. The van der Waals surface area contributed by atoms with Crippen LogP contribution in [0.3, 0.4) is 0 Å². The van der Waals surface area contributed by atoms with Crippen molar-refractivity contribution in [1.82, 2.24) is 15.2 Å². The van der Waals surface area contributed by atoms with Crippen LogP contribution in [0.1, 0.15) is 35.9 Å². The van der Waals surface area contributed by atoms with Gasteiger partial charge in [0.05, 0.1) is 18.7 Å². The third-order valence-corrected chi connectivity index (χ3v) is 6.94. The fourth-order valence-electron chi connectivity index (χ4n) is 4.18. The lowest BCUT2D eigenvalue weighted by molar-refractivity contribution is -0.136. The third kappa shape index (κ3) is 3.80. The van der Waals surface area contributed by atoms with Gasteiger partial charge in [-0.1, -0.05) is 17.7 Å². The minimum atomic E-state index is -0.779. The fourth-order valence-corrected chi connectivity index (χ4v) is 5.09. The first-order valence-corrected chi connectivity index (χ1v) is 11.5. The summed E-state index contributed by atoms with van der Waals surface area (Å²) >= 11 is 7.79. The second-order valence-corrected chi connectivity index (χ2v) is 9.31. The number of carbonyl (C=O) groups excluding carboxylic acids is 2. The number of thiazole rings is 1. The second-order valence-electron chi connectivity index (χ2n) is 8.00. The van der Waals surface area contributed by atoms with Crippen molar-refractivity contribution in [2.24, 2.45) is 10.9 Å². The molecule has 2 fully saturated rings. The Labute approximate surface area is 192 Å². The summed E-state index contributed by atoms with van der Waals surface area (Å²) < 4.78 is 18.8. The molecule has 0 radical (unpaired) electrons.